The fourth-order valence-corrected chi connectivity index (χ4v) is 10.7. The summed E-state index contributed by atoms with van der Waals surface area (Å²) in [6.45, 7) is 2.45. The van der Waals surface area contributed by atoms with Crippen LogP contribution in [0.5, 0.6) is 0 Å². The summed E-state index contributed by atoms with van der Waals surface area (Å²) in [5.41, 5.74) is 0. The molecule has 0 radical (unpaired) electrons. The van der Waals surface area contributed by atoms with Gasteiger partial charge in [-0.3, -0.25) is 32.5 Å². The van der Waals surface area contributed by atoms with Gasteiger partial charge in [0.15, 0.2) is 6.10 Å². The molecule has 0 aromatic carbocycles. The van der Waals surface area contributed by atoms with Crippen LogP contribution in [-0.2, 0) is 55.8 Å². The number of carbonyl (C=O) groups excluding carboxylic acids is 3. The highest BCUT2D eigenvalue weighted by Crippen LogP contribution is 2.45. The van der Waals surface area contributed by atoms with Gasteiger partial charge in [-0.1, -0.05) is 251 Å². The predicted molar refractivity (Wildman–Crippen MR) is 380 cm³/mol. The van der Waals surface area contributed by atoms with E-state index in [1.807, 2.05) is 0 Å². The highest BCUT2D eigenvalue weighted by Gasteiger charge is 2.29. The van der Waals surface area contributed by atoms with Crippen LogP contribution in [0.15, 0.2) is 122 Å². The van der Waals surface area contributed by atoms with Gasteiger partial charge >= 0.3 is 33.6 Å². The van der Waals surface area contributed by atoms with Crippen molar-refractivity contribution in [3.63, 3.8) is 0 Å². The van der Waals surface area contributed by atoms with E-state index < -0.39 is 91.5 Å². The van der Waals surface area contributed by atoms with Gasteiger partial charge in [-0.05, 0) is 128 Å². The summed E-state index contributed by atoms with van der Waals surface area (Å²) >= 11 is 0. The maximum absolute atomic E-state index is 12.9. The Balaban J connectivity index is 4.58. The van der Waals surface area contributed by atoms with E-state index in [4.69, 9.17) is 32.3 Å². The van der Waals surface area contributed by atoms with Gasteiger partial charge in [-0.15, -0.1) is 0 Å². The summed E-state index contributed by atoms with van der Waals surface area (Å²) in [6.07, 6.45) is 78.2. The van der Waals surface area contributed by atoms with Crippen molar-refractivity contribution in [2.75, 3.05) is 39.6 Å². The number of carbonyl (C=O) groups is 3. The van der Waals surface area contributed by atoms with Gasteiger partial charge in [0.05, 0.1) is 26.4 Å². The minimum absolute atomic E-state index is 0.0891. The van der Waals surface area contributed by atoms with Crippen molar-refractivity contribution in [1.82, 2.24) is 0 Å². The minimum Gasteiger partial charge on any atom is -0.463 e. The van der Waals surface area contributed by atoms with Crippen LogP contribution >= 0.6 is 15.6 Å². The smallest absolute Gasteiger partial charge is 0.463 e. The first-order valence-corrected chi connectivity index (χ1v) is 38.8. The van der Waals surface area contributed by atoms with Crippen molar-refractivity contribution in [2.45, 2.75) is 296 Å². The Hall–Kier alpha value is -4.05. The fraction of sp³-hybridized carbons (Fsp3) is 0.693. The number of ether oxygens (including phenoxy) is 3. The van der Waals surface area contributed by atoms with E-state index in [-0.39, 0.29) is 19.3 Å². The van der Waals surface area contributed by atoms with Crippen molar-refractivity contribution >= 4 is 33.6 Å². The molecule has 0 rings (SSSR count). The Bertz CT molecular complexity index is 2180. The van der Waals surface area contributed by atoms with Gasteiger partial charge in [0, 0.05) is 19.3 Å². The zero-order valence-corrected chi connectivity index (χ0v) is 59.7. The number of aliphatic hydroxyl groups is 2. The van der Waals surface area contributed by atoms with Gasteiger partial charge in [0.25, 0.3) is 0 Å². The third kappa shape index (κ3) is 69.1. The first kappa shape index (κ1) is 89.0. The van der Waals surface area contributed by atoms with E-state index in [0.717, 1.165) is 180 Å². The van der Waals surface area contributed by atoms with Crippen LogP contribution in [0.2, 0.25) is 0 Å². The SMILES string of the molecule is CC/C=C\C/C=C\C/C=C\C/C=C\C/C=C\CCCCCCCCCC(=O)OCC(O)COP(=O)(O)OCC(O)COP(=O)(O)OCC(COC(=O)CCCCCCCCC/C=C\C/C=C\C/C=C\C/C=C\CCCCC)OC(=O)CCCCCCC/C=C\CCCC. The highest BCUT2D eigenvalue weighted by atomic mass is 31.2. The first-order valence-electron chi connectivity index (χ1n) is 35.8. The molecule has 0 aromatic heterocycles. The van der Waals surface area contributed by atoms with Crippen molar-refractivity contribution < 1.29 is 75.8 Å². The fourth-order valence-electron chi connectivity index (χ4n) is 9.15. The quantitative estimate of drug-likeness (QED) is 0.0146. The molecule has 534 valence electrons. The molecular formula is C75H128O16P2. The van der Waals surface area contributed by atoms with Gasteiger partial charge in [0.1, 0.15) is 25.4 Å². The summed E-state index contributed by atoms with van der Waals surface area (Å²) in [5, 5.41) is 20.6. The summed E-state index contributed by atoms with van der Waals surface area (Å²) < 4.78 is 60.9. The van der Waals surface area contributed by atoms with Crippen LogP contribution in [0.1, 0.15) is 278 Å². The van der Waals surface area contributed by atoms with E-state index >= 15 is 0 Å². The second-order valence-electron chi connectivity index (χ2n) is 23.6. The molecule has 0 fully saturated rings. The molecule has 93 heavy (non-hydrogen) atoms. The Morgan fingerprint density at radius 1 is 0.312 bits per heavy atom. The standard InChI is InChI=1S/C75H128O16P2/c1-4-7-10-13-16-19-22-24-26-28-30-32-34-36-38-40-42-44-47-49-52-55-58-61-73(78)85-64-70(76)65-87-92(81,82)88-66-71(77)67-89-93(83,84)90-69-72(91-75(80)63-60-57-54-51-46-21-18-15-12-9-6-3)68-86-74(79)62-59-56-53-50-48-45-43-41-39-37-35-33-31-29-27-25-23-20-17-14-11-8-5-2/h7,10,15-20,24-27,30-33,36-39,70-72,76-77H,4-6,8-9,11-14,21-23,28-29,34-35,40-69H2,1-3H3,(H,81,82)(H,83,84)/b10-7-,18-15-,19-16-,20-17-,26-24-,27-25-,32-30-,33-31-,38-36-,39-37-. The van der Waals surface area contributed by atoms with E-state index in [2.05, 4.69) is 142 Å². The van der Waals surface area contributed by atoms with Crippen LogP contribution < -0.4 is 0 Å². The van der Waals surface area contributed by atoms with Crippen molar-refractivity contribution in [1.29, 1.82) is 0 Å². The van der Waals surface area contributed by atoms with Gasteiger partial charge in [0.2, 0.25) is 0 Å². The van der Waals surface area contributed by atoms with Crippen molar-refractivity contribution in [3.05, 3.63) is 122 Å². The number of hydrogen-bond acceptors (Lipinski definition) is 14. The topological polar surface area (TPSA) is 231 Å². The molecule has 0 aliphatic rings. The Morgan fingerprint density at radius 3 is 0.946 bits per heavy atom. The largest absolute Gasteiger partial charge is 0.472 e. The molecule has 5 atom stereocenters. The van der Waals surface area contributed by atoms with Crippen LogP contribution in [0, 0.1) is 0 Å². The Morgan fingerprint density at radius 2 is 0.581 bits per heavy atom. The molecule has 0 aromatic rings. The van der Waals surface area contributed by atoms with Gasteiger partial charge in [-0.2, -0.15) is 0 Å². The lowest BCUT2D eigenvalue weighted by Gasteiger charge is -2.21. The lowest BCUT2D eigenvalue weighted by Crippen LogP contribution is -2.30. The second-order valence-corrected chi connectivity index (χ2v) is 26.6. The van der Waals surface area contributed by atoms with Crippen LogP contribution in [0.4, 0.5) is 0 Å². The molecule has 0 aliphatic carbocycles. The molecular weight excluding hydrogens is 1220 g/mol. The van der Waals surface area contributed by atoms with Crippen LogP contribution in [-0.4, -0.2) is 95.9 Å². The molecule has 0 bridgehead atoms. The first-order chi connectivity index (χ1) is 45.2. The molecule has 0 spiro atoms. The monoisotopic (exact) mass is 1350 g/mol. The van der Waals surface area contributed by atoms with Crippen molar-refractivity contribution in [3.8, 4) is 0 Å². The van der Waals surface area contributed by atoms with E-state index in [9.17, 15) is 43.5 Å². The molecule has 5 unspecified atom stereocenters. The van der Waals surface area contributed by atoms with E-state index in [0.29, 0.717) is 19.3 Å². The molecule has 0 saturated carbocycles. The van der Waals surface area contributed by atoms with E-state index in [1.165, 1.54) is 38.5 Å². The van der Waals surface area contributed by atoms with Gasteiger partial charge in [-0.25, -0.2) is 9.13 Å². The third-order valence-electron chi connectivity index (χ3n) is 14.6. The normalized spacial score (nSPS) is 14.9. The predicted octanol–water partition coefficient (Wildman–Crippen LogP) is 20.2. The number of unbranched alkanes of at least 4 members (excludes halogenated alkanes) is 24. The molecule has 0 aliphatic heterocycles. The van der Waals surface area contributed by atoms with Crippen LogP contribution in [0.25, 0.3) is 0 Å². The maximum atomic E-state index is 12.9. The second kappa shape index (κ2) is 67.9. The number of hydrogen-bond donors (Lipinski definition) is 4. The Labute approximate surface area is 563 Å². The molecule has 0 heterocycles. The number of esters is 3. The number of phosphoric acid groups is 2. The summed E-state index contributed by atoms with van der Waals surface area (Å²) in [6, 6.07) is 0. The van der Waals surface area contributed by atoms with Crippen LogP contribution in [0.3, 0.4) is 0 Å². The average Bonchev–Trinajstić information content (AvgIpc) is 2.44. The molecule has 18 heteroatoms. The molecule has 4 N–H and O–H groups in total. The molecule has 0 amide bonds. The lowest BCUT2D eigenvalue weighted by molar-refractivity contribution is -0.161. The summed E-state index contributed by atoms with van der Waals surface area (Å²) in [5.74, 6) is -1.61. The third-order valence-corrected chi connectivity index (χ3v) is 16.5. The number of allylic oxidation sites excluding steroid dienone is 20. The zero-order valence-electron chi connectivity index (χ0n) is 57.9. The number of phosphoric ester groups is 2. The van der Waals surface area contributed by atoms with Gasteiger partial charge < -0.3 is 34.2 Å². The number of rotatable bonds is 67. The zero-order chi connectivity index (χ0) is 68.1. The Kier molecular flexibility index (Phi) is 65.0. The summed E-state index contributed by atoms with van der Waals surface area (Å²) in [7, 11) is -9.79. The molecule has 0 saturated heterocycles. The average molecular weight is 1350 g/mol. The highest BCUT2D eigenvalue weighted by molar-refractivity contribution is 7.47. The maximum Gasteiger partial charge on any atom is 0.472 e. The minimum atomic E-state index is -4.93. The lowest BCUT2D eigenvalue weighted by atomic mass is 10.1. The van der Waals surface area contributed by atoms with E-state index in [1.54, 1.807) is 0 Å². The molecule has 16 nitrogen and oxygen atoms in total. The van der Waals surface area contributed by atoms with Crippen molar-refractivity contribution in [2.24, 2.45) is 0 Å². The number of aliphatic hydroxyl groups excluding tert-OH is 2. The summed E-state index contributed by atoms with van der Waals surface area (Å²) in [4.78, 5) is 58.4.